The van der Waals surface area contributed by atoms with Gasteiger partial charge in [-0.1, -0.05) is 26.2 Å². The number of sulfonamides is 1. The molecule has 0 aromatic rings. The zero-order valence-corrected chi connectivity index (χ0v) is 12.1. The maximum atomic E-state index is 12.1. The van der Waals surface area contributed by atoms with Gasteiger partial charge in [-0.25, -0.2) is 0 Å². The van der Waals surface area contributed by atoms with Crippen LogP contribution in [0.4, 0.5) is 13.2 Å². The topological polar surface area (TPSA) is 69.6 Å². The van der Waals surface area contributed by atoms with E-state index in [1.807, 2.05) is 0 Å². The fourth-order valence-corrected chi connectivity index (χ4v) is 2.93. The highest BCUT2D eigenvalue weighted by Crippen LogP contribution is 2.33. The lowest BCUT2D eigenvalue weighted by molar-refractivity contribution is -0.224. The van der Waals surface area contributed by atoms with E-state index in [1.54, 1.807) is 0 Å². The van der Waals surface area contributed by atoms with Crippen molar-refractivity contribution < 1.29 is 26.7 Å². The van der Waals surface area contributed by atoms with Gasteiger partial charge in [0.2, 0.25) is 0 Å². The normalized spacial score (nSPS) is 25.7. The molecule has 4 nitrogen and oxygen atoms in total. The molecule has 0 aliphatic heterocycles. The Morgan fingerprint density at radius 3 is 2.25 bits per heavy atom. The third-order valence-corrected chi connectivity index (χ3v) is 4.67. The third kappa shape index (κ3) is 4.64. The first kappa shape index (κ1) is 17.3. The number of hydrogen-bond donors (Lipinski definition) is 0. The summed E-state index contributed by atoms with van der Waals surface area (Å²) >= 11 is 0. The first-order valence-electron chi connectivity index (χ1n) is 6.75. The smallest absolute Gasteiger partial charge is 0.518 e. The van der Waals surface area contributed by atoms with E-state index in [4.69, 9.17) is 0 Å². The highest BCUT2D eigenvalue weighted by Gasteiger charge is 2.46. The van der Waals surface area contributed by atoms with Crippen molar-refractivity contribution in [3.05, 3.63) is 0 Å². The van der Waals surface area contributed by atoms with E-state index in [-0.39, 0.29) is 0 Å². The second-order valence-electron chi connectivity index (χ2n) is 5.21. The van der Waals surface area contributed by atoms with Gasteiger partial charge in [0.25, 0.3) is 0 Å². The number of unbranched alkanes of at least 4 members (excludes halogenated alkanes) is 1. The number of hydrogen-bond acceptors (Lipinski definition) is 3. The Hall–Kier alpha value is -0.790. The Morgan fingerprint density at radius 2 is 1.80 bits per heavy atom. The summed E-state index contributed by atoms with van der Waals surface area (Å²) in [6.07, 6.45) is 5.56. The Kier molecular flexibility index (Phi) is 5.85. The quantitative estimate of drug-likeness (QED) is 0.578. The Labute approximate surface area is 117 Å². The summed E-state index contributed by atoms with van der Waals surface area (Å²) in [5.41, 5.74) is -5.50. The summed E-state index contributed by atoms with van der Waals surface area (Å²) in [7, 11) is -5.70. The molecular weight excluding hydrogens is 295 g/mol. The van der Waals surface area contributed by atoms with Gasteiger partial charge in [0.15, 0.2) is 0 Å². The second-order valence-corrected chi connectivity index (χ2v) is 6.81. The fourth-order valence-electron chi connectivity index (χ4n) is 2.44. The van der Waals surface area contributed by atoms with Crippen LogP contribution >= 0.6 is 0 Å². The van der Waals surface area contributed by atoms with Gasteiger partial charge in [-0.15, -0.1) is 0 Å². The van der Waals surface area contributed by atoms with Gasteiger partial charge < -0.3 is 5.11 Å². The molecule has 0 aromatic carbocycles. The largest absolute Gasteiger partial charge is 0.861 e. The molecule has 0 aromatic heterocycles. The lowest BCUT2D eigenvalue weighted by Crippen LogP contribution is -2.34. The zero-order valence-electron chi connectivity index (χ0n) is 11.3. The third-order valence-electron chi connectivity index (χ3n) is 3.66. The second kappa shape index (κ2) is 6.78. The summed E-state index contributed by atoms with van der Waals surface area (Å²) in [4.78, 5) is 0. The molecule has 0 spiro atoms. The Balaban J connectivity index is 2.61. The van der Waals surface area contributed by atoms with Crippen molar-refractivity contribution in [1.82, 2.24) is 0 Å². The summed E-state index contributed by atoms with van der Waals surface area (Å²) in [5, 5.41) is 11.5. The summed E-state index contributed by atoms with van der Waals surface area (Å²) in [6, 6.07) is 0. The fraction of sp³-hybridized carbons (Fsp3) is 0.917. The van der Waals surface area contributed by atoms with E-state index >= 15 is 0 Å². The summed E-state index contributed by atoms with van der Waals surface area (Å²) < 4.78 is 60.4. The lowest BCUT2D eigenvalue weighted by Gasteiger charge is -2.31. The molecule has 0 unspecified atom stereocenters. The van der Waals surface area contributed by atoms with Crippen LogP contribution in [0.5, 0.6) is 0 Å². The molecule has 8 heteroatoms. The standard InChI is InChI=1S/C12H20F3NO3S/c1-2-3-4-9-5-7-10(8-6-9)11(17)16-20(18,19)12(13,14)15/h9-10H,2-8H2,1H3,(H,16,17)/p-1. The van der Waals surface area contributed by atoms with Crippen LogP contribution in [0.3, 0.4) is 0 Å². The molecule has 1 saturated carbocycles. The van der Waals surface area contributed by atoms with Crippen molar-refractivity contribution in [3.63, 3.8) is 0 Å². The number of nitrogens with zero attached hydrogens (tertiary/aromatic N) is 1. The van der Waals surface area contributed by atoms with E-state index < -0.39 is 27.3 Å². The molecule has 118 valence electrons. The first-order chi connectivity index (χ1) is 9.17. The van der Waals surface area contributed by atoms with Gasteiger partial charge in [0.05, 0.1) is 0 Å². The zero-order chi connectivity index (χ0) is 15.4. The molecule has 0 saturated heterocycles. The molecular formula is C12H19F3NO3S-. The van der Waals surface area contributed by atoms with Crippen LogP contribution in [-0.4, -0.2) is 19.8 Å². The summed E-state index contributed by atoms with van der Waals surface area (Å²) in [6.45, 7) is 2.08. The summed E-state index contributed by atoms with van der Waals surface area (Å²) in [5.74, 6) is -1.36. The first-order valence-corrected chi connectivity index (χ1v) is 8.19. The van der Waals surface area contributed by atoms with Gasteiger partial charge in [0.1, 0.15) is 0 Å². The van der Waals surface area contributed by atoms with Crippen molar-refractivity contribution in [2.75, 3.05) is 0 Å². The number of alkyl halides is 3. The molecule has 1 rings (SSSR count). The lowest BCUT2D eigenvalue weighted by atomic mass is 9.80. The van der Waals surface area contributed by atoms with Crippen molar-refractivity contribution >= 4 is 15.9 Å². The monoisotopic (exact) mass is 314 g/mol. The molecule has 0 atom stereocenters. The van der Waals surface area contributed by atoms with E-state index in [9.17, 15) is 26.7 Å². The predicted molar refractivity (Wildman–Crippen MR) is 67.4 cm³/mol. The van der Waals surface area contributed by atoms with E-state index in [0.717, 1.165) is 32.1 Å². The van der Waals surface area contributed by atoms with Gasteiger partial charge in [-0.05, 0) is 43.4 Å². The van der Waals surface area contributed by atoms with Crippen LogP contribution in [0.2, 0.25) is 0 Å². The van der Waals surface area contributed by atoms with Crippen LogP contribution < -0.4 is 5.11 Å². The van der Waals surface area contributed by atoms with Gasteiger partial charge in [-0.2, -0.15) is 26.0 Å². The average molecular weight is 314 g/mol. The predicted octanol–water partition coefficient (Wildman–Crippen LogP) is 2.59. The minimum absolute atomic E-state index is 0.421. The highest BCUT2D eigenvalue weighted by molar-refractivity contribution is 7.91. The minimum Gasteiger partial charge on any atom is -0.861 e. The van der Waals surface area contributed by atoms with Crippen molar-refractivity contribution in [1.29, 1.82) is 0 Å². The van der Waals surface area contributed by atoms with Crippen molar-refractivity contribution in [2.24, 2.45) is 16.2 Å². The van der Waals surface area contributed by atoms with Crippen molar-refractivity contribution in [2.45, 2.75) is 57.4 Å². The molecule has 20 heavy (non-hydrogen) atoms. The highest BCUT2D eigenvalue weighted by atomic mass is 32.2. The minimum atomic E-state index is -5.70. The van der Waals surface area contributed by atoms with Gasteiger partial charge >= 0.3 is 15.5 Å². The molecule has 1 fully saturated rings. The average Bonchev–Trinajstić information content (AvgIpc) is 2.35. The van der Waals surface area contributed by atoms with Crippen LogP contribution in [0.15, 0.2) is 4.40 Å². The van der Waals surface area contributed by atoms with Crippen molar-refractivity contribution in [3.8, 4) is 0 Å². The van der Waals surface area contributed by atoms with Crippen LogP contribution in [0, 0.1) is 11.8 Å². The maximum Gasteiger partial charge on any atom is 0.518 e. The SMILES string of the molecule is CCCCC1CCC(/C([O-])=N/S(=O)(=O)C(F)(F)F)CC1. The Morgan fingerprint density at radius 1 is 1.25 bits per heavy atom. The van der Waals surface area contributed by atoms with E-state index in [0.29, 0.717) is 18.8 Å². The maximum absolute atomic E-state index is 12.1. The molecule has 0 amide bonds. The molecule has 0 heterocycles. The number of rotatable bonds is 5. The molecule has 0 radical (unpaired) electrons. The van der Waals surface area contributed by atoms with Crippen LogP contribution in [0.1, 0.15) is 51.9 Å². The van der Waals surface area contributed by atoms with Gasteiger partial charge in [0, 0.05) is 0 Å². The van der Waals surface area contributed by atoms with E-state index in [2.05, 4.69) is 11.3 Å². The van der Waals surface area contributed by atoms with Gasteiger partial charge in [-0.3, -0.25) is 0 Å². The molecule has 0 N–H and O–H groups in total. The van der Waals surface area contributed by atoms with E-state index in [1.165, 1.54) is 0 Å². The molecule has 1 aliphatic carbocycles. The Bertz CT molecular complexity index is 437. The van der Waals surface area contributed by atoms with Crippen LogP contribution in [0.25, 0.3) is 0 Å². The number of halogens is 3. The molecule has 1 aliphatic rings. The van der Waals surface area contributed by atoms with Crippen LogP contribution in [-0.2, 0) is 10.0 Å². The molecule has 0 bridgehead atoms.